The van der Waals surface area contributed by atoms with Crippen LogP contribution in [-0.4, -0.2) is 61.0 Å². The Morgan fingerprint density at radius 2 is 1.52 bits per heavy atom. The number of halogens is 3. The highest BCUT2D eigenvalue weighted by atomic mass is 35.5. The normalized spacial score (nSPS) is 13.3. The van der Waals surface area contributed by atoms with E-state index in [9.17, 15) is 18.8 Å². The molecule has 2 aromatic heterocycles. The minimum Gasteiger partial charge on any atom is -0.481 e. The maximum atomic E-state index is 14.7. The summed E-state index contributed by atoms with van der Waals surface area (Å²) in [5.41, 5.74) is 4.78. The van der Waals surface area contributed by atoms with Crippen LogP contribution < -0.4 is 36.1 Å². The van der Waals surface area contributed by atoms with Gasteiger partial charge in [-0.3, -0.25) is 14.4 Å². The summed E-state index contributed by atoms with van der Waals surface area (Å²) in [6, 6.07) is 15.9. The number of ether oxygens (including phenoxy) is 2. The first-order chi connectivity index (χ1) is 25.0. The Hall–Kier alpha value is -4.82. The van der Waals surface area contributed by atoms with E-state index >= 15 is 0 Å². The number of anilines is 1. The monoisotopic (exact) mass is 751 g/mol. The van der Waals surface area contributed by atoms with E-state index in [1.54, 1.807) is 18.2 Å². The summed E-state index contributed by atoms with van der Waals surface area (Å²) in [4.78, 5) is 43.9. The molecule has 0 radical (unpaired) electrons. The molecule has 2 aromatic carbocycles. The molecule has 15 heteroatoms. The molecule has 52 heavy (non-hydrogen) atoms. The Bertz CT molecular complexity index is 1950. The number of pyridine rings is 2. The van der Waals surface area contributed by atoms with E-state index in [-0.39, 0.29) is 46.7 Å². The molecule has 12 nitrogen and oxygen atoms in total. The average Bonchev–Trinajstić information content (AvgIpc) is 3.52. The zero-order valence-electron chi connectivity index (χ0n) is 29.0. The number of methoxy groups -OCH3 is 1. The van der Waals surface area contributed by atoms with Gasteiger partial charge in [-0.05, 0) is 53.8 Å². The van der Waals surface area contributed by atoms with Crippen molar-refractivity contribution >= 4 is 46.7 Å². The number of benzene rings is 2. The lowest BCUT2D eigenvalue weighted by Gasteiger charge is -2.18. The lowest BCUT2D eigenvalue weighted by Crippen LogP contribution is -2.30. The van der Waals surface area contributed by atoms with Gasteiger partial charge in [-0.2, -0.15) is 9.37 Å². The summed E-state index contributed by atoms with van der Waals surface area (Å²) in [5.74, 6) is -0.824. The number of hydrogen-bond donors (Lipinski definition) is 5. The SMILES string of the molecule is COc1nc(O[C@H]2CCc3c(-c4cccc(C(=O)Nc5ccc(CNCCNC(C)=O)c(F)n5)c4Cl)cccc32)c(Cl)cc1CNCCNC(C)=O. The zero-order chi connectivity index (χ0) is 37.2. The smallest absolute Gasteiger partial charge is 0.258 e. The van der Waals surface area contributed by atoms with Crippen LogP contribution in [0.2, 0.25) is 10.0 Å². The molecule has 3 amide bonds. The van der Waals surface area contributed by atoms with Crippen LogP contribution in [0.4, 0.5) is 10.2 Å². The summed E-state index contributed by atoms with van der Waals surface area (Å²) in [6.07, 6.45) is 1.01. The summed E-state index contributed by atoms with van der Waals surface area (Å²) in [6.45, 7) is 5.46. The van der Waals surface area contributed by atoms with E-state index in [2.05, 4.69) is 36.6 Å². The van der Waals surface area contributed by atoms with Gasteiger partial charge >= 0.3 is 0 Å². The molecule has 0 spiro atoms. The van der Waals surface area contributed by atoms with E-state index < -0.39 is 11.9 Å². The molecule has 274 valence electrons. The molecule has 0 saturated heterocycles. The van der Waals surface area contributed by atoms with Crippen LogP contribution >= 0.6 is 23.2 Å². The third-order valence-corrected chi connectivity index (χ3v) is 9.01. The Kier molecular flexibility index (Phi) is 13.4. The highest BCUT2D eigenvalue weighted by molar-refractivity contribution is 6.37. The van der Waals surface area contributed by atoms with Crippen LogP contribution in [0.5, 0.6) is 11.8 Å². The summed E-state index contributed by atoms with van der Waals surface area (Å²) >= 11 is 13.5. The van der Waals surface area contributed by atoms with Gasteiger partial charge in [-0.1, -0.05) is 53.5 Å². The van der Waals surface area contributed by atoms with Gasteiger partial charge in [0.05, 0.1) is 17.7 Å². The number of hydrogen-bond acceptors (Lipinski definition) is 9. The molecule has 0 saturated carbocycles. The quantitative estimate of drug-likeness (QED) is 0.0751. The van der Waals surface area contributed by atoms with Gasteiger partial charge in [0.25, 0.3) is 5.91 Å². The largest absolute Gasteiger partial charge is 0.481 e. The Morgan fingerprint density at radius 3 is 2.19 bits per heavy atom. The van der Waals surface area contributed by atoms with Crippen LogP contribution in [0, 0.1) is 5.95 Å². The van der Waals surface area contributed by atoms with Crippen LogP contribution in [0.1, 0.15) is 59.0 Å². The molecule has 1 aliphatic carbocycles. The average molecular weight is 753 g/mol. The van der Waals surface area contributed by atoms with Crippen LogP contribution in [0.25, 0.3) is 11.1 Å². The fourth-order valence-corrected chi connectivity index (χ4v) is 6.40. The first kappa shape index (κ1) is 38.4. The maximum absolute atomic E-state index is 14.7. The van der Waals surface area contributed by atoms with E-state index in [0.717, 1.165) is 22.3 Å². The minimum absolute atomic E-state index is 0.0433. The molecule has 1 atom stereocenters. The van der Waals surface area contributed by atoms with Gasteiger partial charge in [-0.25, -0.2) is 4.98 Å². The molecule has 5 rings (SSSR count). The highest BCUT2D eigenvalue weighted by Crippen LogP contribution is 2.43. The van der Waals surface area contributed by atoms with Crippen molar-refractivity contribution in [2.45, 2.75) is 45.9 Å². The van der Waals surface area contributed by atoms with Crippen molar-refractivity contribution in [2.24, 2.45) is 0 Å². The zero-order valence-corrected chi connectivity index (χ0v) is 30.5. The molecular formula is C37H40Cl2FN7O5. The standard InChI is InChI=1S/C37H40Cl2FN7O5/c1-21(48)43-16-14-41-19-23-10-13-32(45-34(23)40)46-35(50)29-9-5-8-28(33(29)39)25-6-4-7-27-26(25)11-12-31(27)52-37-30(38)18-24(36(47-37)51-3)20-42-15-17-44-22(2)49/h4-10,13,18,31,41-42H,11-12,14-17,19-20H2,1-3H3,(H,43,48)(H,44,49)(H,45,46,50)/t31-/m0/s1. The number of fused-ring (bicyclic) bond motifs is 1. The second-order valence-electron chi connectivity index (χ2n) is 12.0. The predicted octanol–water partition coefficient (Wildman–Crippen LogP) is 5.37. The molecule has 1 aliphatic rings. The summed E-state index contributed by atoms with van der Waals surface area (Å²) < 4.78 is 26.6. The van der Waals surface area contributed by atoms with Gasteiger partial charge in [0.1, 0.15) is 16.9 Å². The number of nitrogens with zero attached hydrogens (tertiary/aromatic N) is 2. The van der Waals surface area contributed by atoms with Crippen LogP contribution in [0.3, 0.4) is 0 Å². The van der Waals surface area contributed by atoms with E-state index in [1.807, 2.05) is 24.3 Å². The van der Waals surface area contributed by atoms with Crippen molar-refractivity contribution in [2.75, 3.05) is 38.6 Å². The number of amides is 3. The molecule has 0 unspecified atom stereocenters. The molecule has 0 bridgehead atoms. The lowest BCUT2D eigenvalue weighted by atomic mass is 9.95. The molecular weight excluding hydrogens is 712 g/mol. The number of nitrogens with one attached hydrogen (secondary N) is 5. The number of carbonyl (C=O) groups excluding carboxylic acids is 3. The molecule has 5 N–H and O–H groups in total. The summed E-state index contributed by atoms with van der Waals surface area (Å²) in [7, 11) is 1.53. The van der Waals surface area contributed by atoms with Gasteiger partial charge in [0.15, 0.2) is 0 Å². The molecule has 0 aliphatic heterocycles. The van der Waals surface area contributed by atoms with Gasteiger partial charge in [-0.15, -0.1) is 0 Å². The minimum atomic E-state index is -0.723. The summed E-state index contributed by atoms with van der Waals surface area (Å²) in [5, 5.41) is 14.9. The third-order valence-electron chi connectivity index (χ3n) is 8.33. The third kappa shape index (κ3) is 9.73. The second kappa shape index (κ2) is 18.1. The van der Waals surface area contributed by atoms with Crippen molar-refractivity contribution in [3.63, 3.8) is 0 Å². The molecule has 2 heterocycles. The Balaban J connectivity index is 1.27. The topological polar surface area (TPSA) is 156 Å². The Morgan fingerprint density at radius 1 is 0.846 bits per heavy atom. The van der Waals surface area contributed by atoms with Crippen molar-refractivity contribution in [1.29, 1.82) is 0 Å². The fraction of sp³-hybridized carbons (Fsp3) is 0.324. The van der Waals surface area contributed by atoms with Gasteiger partial charge < -0.3 is 36.1 Å². The highest BCUT2D eigenvalue weighted by Gasteiger charge is 2.29. The number of carbonyl (C=O) groups is 3. The fourth-order valence-electron chi connectivity index (χ4n) is 5.87. The van der Waals surface area contributed by atoms with E-state index in [0.29, 0.717) is 67.6 Å². The Labute approximate surface area is 311 Å². The number of aromatic nitrogens is 2. The first-order valence-corrected chi connectivity index (χ1v) is 17.5. The van der Waals surface area contributed by atoms with Crippen molar-refractivity contribution in [3.05, 3.63) is 98.4 Å². The number of rotatable bonds is 16. The van der Waals surface area contributed by atoms with Crippen molar-refractivity contribution in [1.82, 2.24) is 31.2 Å². The second-order valence-corrected chi connectivity index (χ2v) is 12.8. The molecule has 0 fully saturated rings. The van der Waals surface area contributed by atoms with Crippen molar-refractivity contribution < 1.29 is 28.2 Å². The van der Waals surface area contributed by atoms with Crippen molar-refractivity contribution in [3.8, 4) is 22.9 Å². The van der Waals surface area contributed by atoms with Crippen LogP contribution in [-0.2, 0) is 29.1 Å². The van der Waals surface area contributed by atoms with Gasteiger partial charge in [0, 0.05) is 69.8 Å². The molecule has 4 aromatic rings. The first-order valence-electron chi connectivity index (χ1n) is 16.7. The predicted molar refractivity (Wildman–Crippen MR) is 197 cm³/mol. The van der Waals surface area contributed by atoms with Gasteiger partial charge in [0.2, 0.25) is 29.5 Å². The van der Waals surface area contributed by atoms with Crippen LogP contribution in [0.15, 0.2) is 54.6 Å². The lowest BCUT2D eigenvalue weighted by molar-refractivity contribution is -0.119. The van der Waals surface area contributed by atoms with E-state index in [4.69, 9.17) is 32.7 Å². The van der Waals surface area contributed by atoms with E-state index in [1.165, 1.54) is 33.1 Å². The maximum Gasteiger partial charge on any atom is 0.258 e.